The molecule has 32 heavy (non-hydrogen) atoms. The Bertz CT molecular complexity index is 1380. The van der Waals surface area contributed by atoms with Crippen LogP contribution in [0.2, 0.25) is 0 Å². The highest BCUT2D eigenvalue weighted by Crippen LogP contribution is 2.44. The van der Waals surface area contributed by atoms with E-state index in [4.69, 9.17) is 4.74 Å². The van der Waals surface area contributed by atoms with Gasteiger partial charge in [-0.1, -0.05) is 23.5 Å². The molecule has 1 unspecified atom stereocenters. The lowest BCUT2D eigenvalue weighted by molar-refractivity contribution is -0.117. The third kappa shape index (κ3) is 3.17. The standard InChI is InChI=1S/C23H17N3O4S2/c1-12-10-14-17(11-15(12)30-2)32-23(25-14)26-19(13-6-3-4-8-24-13)18(21(28)22(26)29)20(27)16-7-5-9-31-16/h3-11,19,28H,1-2H3. The van der Waals surface area contributed by atoms with E-state index in [0.717, 1.165) is 16.0 Å². The lowest BCUT2D eigenvalue weighted by Gasteiger charge is -2.23. The van der Waals surface area contributed by atoms with Crippen molar-refractivity contribution in [1.82, 2.24) is 9.97 Å². The lowest BCUT2D eigenvalue weighted by atomic mass is 9.99. The maximum atomic E-state index is 13.3. The Morgan fingerprint density at radius 3 is 2.75 bits per heavy atom. The van der Waals surface area contributed by atoms with Crippen LogP contribution in [0.1, 0.15) is 27.0 Å². The molecule has 1 aliphatic rings. The molecular weight excluding hydrogens is 446 g/mol. The van der Waals surface area contributed by atoms with Gasteiger partial charge < -0.3 is 9.84 Å². The number of nitrogens with zero attached hydrogens (tertiary/aromatic N) is 3. The van der Waals surface area contributed by atoms with Crippen LogP contribution in [0.15, 0.2) is 65.4 Å². The van der Waals surface area contributed by atoms with E-state index in [2.05, 4.69) is 9.97 Å². The fourth-order valence-electron chi connectivity index (χ4n) is 3.76. The van der Waals surface area contributed by atoms with Gasteiger partial charge in [0.15, 0.2) is 10.9 Å². The van der Waals surface area contributed by atoms with Crippen molar-refractivity contribution in [2.75, 3.05) is 12.0 Å². The molecule has 1 amide bonds. The number of amides is 1. The van der Waals surface area contributed by atoms with Crippen LogP contribution in [0.25, 0.3) is 10.2 Å². The minimum atomic E-state index is -0.887. The number of aromatic nitrogens is 2. The van der Waals surface area contributed by atoms with E-state index in [9.17, 15) is 14.7 Å². The first-order valence-electron chi connectivity index (χ1n) is 9.70. The number of benzene rings is 1. The van der Waals surface area contributed by atoms with E-state index in [1.165, 1.54) is 27.6 Å². The van der Waals surface area contributed by atoms with Crippen molar-refractivity contribution in [2.24, 2.45) is 0 Å². The average Bonchev–Trinajstić information content (AvgIpc) is 3.52. The maximum Gasteiger partial charge on any atom is 0.296 e. The number of ether oxygens (including phenoxy) is 1. The number of thiazole rings is 1. The summed E-state index contributed by atoms with van der Waals surface area (Å²) in [4.78, 5) is 37.3. The number of methoxy groups -OCH3 is 1. The smallest absolute Gasteiger partial charge is 0.296 e. The molecule has 0 aliphatic carbocycles. The summed E-state index contributed by atoms with van der Waals surface area (Å²) in [6.45, 7) is 1.92. The van der Waals surface area contributed by atoms with Gasteiger partial charge in [-0.3, -0.25) is 19.5 Å². The molecule has 4 aromatic rings. The average molecular weight is 464 g/mol. The van der Waals surface area contributed by atoms with Crippen molar-refractivity contribution < 1.29 is 19.4 Å². The van der Waals surface area contributed by atoms with Crippen LogP contribution in [0, 0.1) is 6.92 Å². The minimum Gasteiger partial charge on any atom is -0.503 e. The molecule has 0 radical (unpaired) electrons. The van der Waals surface area contributed by atoms with E-state index < -0.39 is 23.5 Å². The van der Waals surface area contributed by atoms with Crippen LogP contribution < -0.4 is 9.64 Å². The highest BCUT2D eigenvalue weighted by atomic mass is 32.1. The number of aryl methyl sites for hydroxylation is 1. The number of ketones is 1. The normalized spacial score (nSPS) is 16.2. The summed E-state index contributed by atoms with van der Waals surface area (Å²) in [7, 11) is 1.60. The van der Waals surface area contributed by atoms with E-state index in [1.54, 1.807) is 49.0 Å². The molecule has 0 saturated heterocycles. The van der Waals surface area contributed by atoms with Crippen molar-refractivity contribution in [3.05, 3.63) is 81.5 Å². The summed E-state index contributed by atoms with van der Waals surface area (Å²) in [5, 5.41) is 12.9. The second kappa shape index (κ2) is 7.85. The molecule has 0 bridgehead atoms. The first-order chi connectivity index (χ1) is 15.5. The summed E-state index contributed by atoms with van der Waals surface area (Å²) >= 11 is 2.54. The van der Waals surface area contributed by atoms with Gasteiger partial charge in [0.1, 0.15) is 11.8 Å². The molecule has 160 valence electrons. The first kappa shape index (κ1) is 20.3. The zero-order valence-electron chi connectivity index (χ0n) is 17.1. The number of fused-ring (bicyclic) bond motifs is 1. The topological polar surface area (TPSA) is 92.6 Å². The summed E-state index contributed by atoms with van der Waals surface area (Å²) in [5.74, 6) is -0.936. The Labute approximate surface area is 191 Å². The molecule has 0 saturated carbocycles. The fraction of sp³-hybridized carbons (Fsp3) is 0.130. The number of anilines is 1. The molecule has 5 rings (SSSR count). The largest absolute Gasteiger partial charge is 0.503 e. The first-order valence-corrected chi connectivity index (χ1v) is 11.4. The number of aliphatic hydroxyl groups is 1. The SMILES string of the molecule is COc1cc2sc(N3C(=O)C(O)=C(C(=O)c4cccs4)C3c3ccccn3)nc2cc1C. The molecule has 1 atom stereocenters. The van der Waals surface area contributed by atoms with E-state index in [0.29, 0.717) is 21.2 Å². The molecule has 0 fully saturated rings. The van der Waals surface area contributed by atoms with Gasteiger partial charge >= 0.3 is 0 Å². The van der Waals surface area contributed by atoms with Crippen molar-refractivity contribution in [2.45, 2.75) is 13.0 Å². The van der Waals surface area contributed by atoms with Gasteiger partial charge in [-0.25, -0.2) is 4.98 Å². The van der Waals surface area contributed by atoms with Gasteiger partial charge in [-0.05, 0) is 48.2 Å². The number of thiophene rings is 1. The van der Waals surface area contributed by atoms with Gasteiger partial charge in [0.2, 0.25) is 5.78 Å². The molecule has 9 heteroatoms. The van der Waals surface area contributed by atoms with Crippen LogP contribution in [0.5, 0.6) is 5.75 Å². The Balaban J connectivity index is 1.67. The second-order valence-corrected chi connectivity index (χ2v) is 9.14. The monoisotopic (exact) mass is 463 g/mol. The van der Waals surface area contributed by atoms with Gasteiger partial charge in [0, 0.05) is 6.20 Å². The van der Waals surface area contributed by atoms with Gasteiger partial charge in [0.25, 0.3) is 5.91 Å². The van der Waals surface area contributed by atoms with Crippen molar-refractivity contribution in [3.63, 3.8) is 0 Å². The number of pyridine rings is 1. The Kier molecular flexibility index (Phi) is 4.99. The number of carbonyl (C=O) groups excluding carboxylic acids is 2. The number of aliphatic hydroxyl groups excluding tert-OH is 1. The molecule has 0 spiro atoms. The Morgan fingerprint density at radius 2 is 2.06 bits per heavy atom. The zero-order chi connectivity index (χ0) is 22.4. The number of Topliss-reactive ketones (excluding diaryl/α,β-unsaturated/α-hetero) is 1. The van der Waals surface area contributed by atoms with Crippen molar-refractivity contribution >= 4 is 49.7 Å². The number of hydrogen-bond donors (Lipinski definition) is 1. The van der Waals surface area contributed by atoms with E-state index in [-0.39, 0.29) is 5.57 Å². The van der Waals surface area contributed by atoms with Gasteiger partial charge in [0.05, 0.1) is 33.5 Å². The summed E-state index contributed by atoms with van der Waals surface area (Å²) in [5.41, 5.74) is 2.09. The van der Waals surface area contributed by atoms with Crippen molar-refractivity contribution in [3.8, 4) is 5.75 Å². The molecule has 3 aromatic heterocycles. The molecular formula is C23H17N3O4S2. The van der Waals surface area contributed by atoms with Crippen LogP contribution in [0.4, 0.5) is 5.13 Å². The number of rotatable bonds is 5. The van der Waals surface area contributed by atoms with Gasteiger partial charge in [-0.2, -0.15) is 0 Å². The molecule has 1 aliphatic heterocycles. The third-order valence-electron chi connectivity index (χ3n) is 5.27. The molecule has 4 heterocycles. The van der Waals surface area contributed by atoms with Crippen LogP contribution in [-0.4, -0.2) is 33.9 Å². The predicted molar refractivity (Wildman–Crippen MR) is 124 cm³/mol. The molecule has 7 nitrogen and oxygen atoms in total. The number of hydrogen-bond acceptors (Lipinski definition) is 8. The summed E-state index contributed by atoms with van der Waals surface area (Å²) in [6, 6.07) is 11.5. The van der Waals surface area contributed by atoms with E-state index >= 15 is 0 Å². The maximum absolute atomic E-state index is 13.3. The predicted octanol–water partition coefficient (Wildman–Crippen LogP) is 4.85. The zero-order valence-corrected chi connectivity index (χ0v) is 18.7. The second-order valence-electron chi connectivity index (χ2n) is 7.19. The molecule has 1 aromatic carbocycles. The Hall–Kier alpha value is -3.56. The highest BCUT2D eigenvalue weighted by Gasteiger charge is 2.46. The summed E-state index contributed by atoms with van der Waals surface area (Å²) in [6.07, 6.45) is 1.59. The number of carbonyl (C=O) groups is 2. The fourth-order valence-corrected chi connectivity index (χ4v) is 5.44. The summed E-state index contributed by atoms with van der Waals surface area (Å²) < 4.78 is 6.23. The van der Waals surface area contributed by atoms with Crippen LogP contribution >= 0.6 is 22.7 Å². The molecule has 1 N–H and O–H groups in total. The van der Waals surface area contributed by atoms with Crippen LogP contribution in [0.3, 0.4) is 0 Å². The van der Waals surface area contributed by atoms with E-state index in [1.807, 2.05) is 19.1 Å². The Morgan fingerprint density at radius 1 is 1.22 bits per heavy atom. The van der Waals surface area contributed by atoms with Crippen LogP contribution in [-0.2, 0) is 4.79 Å². The lowest BCUT2D eigenvalue weighted by Crippen LogP contribution is -2.31. The minimum absolute atomic E-state index is 0.00386. The quantitative estimate of drug-likeness (QED) is 0.425. The highest BCUT2D eigenvalue weighted by molar-refractivity contribution is 7.22. The third-order valence-corrected chi connectivity index (χ3v) is 7.15. The van der Waals surface area contributed by atoms with Crippen molar-refractivity contribution in [1.29, 1.82) is 0 Å². The van der Waals surface area contributed by atoms with Gasteiger partial charge in [-0.15, -0.1) is 11.3 Å².